The Bertz CT molecular complexity index is 564. The number of benzene rings is 1. The van der Waals surface area contributed by atoms with Gasteiger partial charge in [0.05, 0.1) is 30.6 Å². The molecule has 0 saturated heterocycles. The number of nitrogens with zero attached hydrogens (tertiary/aromatic N) is 2. The van der Waals surface area contributed by atoms with Crippen molar-refractivity contribution in [3.05, 3.63) is 40.1 Å². The van der Waals surface area contributed by atoms with Crippen molar-refractivity contribution in [2.75, 3.05) is 14.2 Å². The van der Waals surface area contributed by atoms with E-state index in [0.717, 1.165) is 4.47 Å². The zero-order valence-electron chi connectivity index (χ0n) is 10.9. The van der Waals surface area contributed by atoms with Crippen molar-refractivity contribution in [3.8, 4) is 11.5 Å². The van der Waals surface area contributed by atoms with Crippen LogP contribution in [-0.4, -0.2) is 29.1 Å². The lowest BCUT2D eigenvalue weighted by molar-refractivity contribution is 0.203. The van der Waals surface area contributed by atoms with E-state index < -0.39 is 6.10 Å². The molecule has 0 spiro atoms. The lowest BCUT2D eigenvalue weighted by atomic mass is 10.0. The number of methoxy groups -OCH3 is 2. The van der Waals surface area contributed by atoms with Crippen LogP contribution in [0.3, 0.4) is 0 Å². The van der Waals surface area contributed by atoms with Gasteiger partial charge in [0, 0.05) is 12.6 Å². The molecule has 0 aliphatic heterocycles. The van der Waals surface area contributed by atoms with Crippen molar-refractivity contribution in [2.45, 2.75) is 6.10 Å². The molecule has 2 aromatic rings. The summed E-state index contributed by atoms with van der Waals surface area (Å²) in [5.41, 5.74) is 1.29. The predicted molar refractivity (Wildman–Crippen MR) is 74.5 cm³/mol. The summed E-state index contributed by atoms with van der Waals surface area (Å²) in [5.74, 6) is 1.26. The molecular formula is C13H15BrN2O3. The fourth-order valence-corrected chi connectivity index (χ4v) is 2.49. The Morgan fingerprint density at radius 3 is 2.58 bits per heavy atom. The van der Waals surface area contributed by atoms with Crippen LogP contribution >= 0.6 is 15.9 Å². The summed E-state index contributed by atoms with van der Waals surface area (Å²) in [6, 6.07) is 5.30. The minimum Gasteiger partial charge on any atom is -0.497 e. The number of aromatic nitrogens is 2. The molecule has 0 fully saturated rings. The van der Waals surface area contributed by atoms with Gasteiger partial charge in [0.15, 0.2) is 0 Å². The quantitative estimate of drug-likeness (QED) is 0.936. The van der Waals surface area contributed by atoms with Gasteiger partial charge in [0.2, 0.25) is 0 Å². The van der Waals surface area contributed by atoms with E-state index in [2.05, 4.69) is 21.0 Å². The monoisotopic (exact) mass is 326 g/mol. The topological polar surface area (TPSA) is 56.5 Å². The summed E-state index contributed by atoms with van der Waals surface area (Å²) >= 11 is 3.38. The second-order valence-electron chi connectivity index (χ2n) is 4.01. The zero-order valence-corrected chi connectivity index (χ0v) is 12.5. The first-order valence-corrected chi connectivity index (χ1v) is 6.45. The van der Waals surface area contributed by atoms with Crippen molar-refractivity contribution in [1.82, 2.24) is 9.78 Å². The summed E-state index contributed by atoms with van der Waals surface area (Å²) in [6.45, 7) is 0. The van der Waals surface area contributed by atoms with Gasteiger partial charge in [-0.25, -0.2) is 0 Å². The summed E-state index contributed by atoms with van der Waals surface area (Å²) in [7, 11) is 4.92. The van der Waals surface area contributed by atoms with Gasteiger partial charge in [0.25, 0.3) is 0 Å². The average molecular weight is 327 g/mol. The van der Waals surface area contributed by atoms with E-state index in [4.69, 9.17) is 9.47 Å². The number of halogens is 1. The van der Waals surface area contributed by atoms with E-state index in [0.29, 0.717) is 22.8 Å². The third kappa shape index (κ3) is 2.59. The van der Waals surface area contributed by atoms with Crippen molar-refractivity contribution >= 4 is 15.9 Å². The Morgan fingerprint density at radius 1 is 1.32 bits per heavy atom. The number of rotatable bonds is 4. The van der Waals surface area contributed by atoms with E-state index in [-0.39, 0.29) is 0 Å². The summed E-state index contributed by atoms with van der Waals surface area (Å²) in [4.78, 5) is 0. The van der Waals surface area contributed by atoms with E-state index in [1.165, 1.54) is 0 Å². The lowest BCUT2D eigenvalue weighted by Gasteiger charge is -2.16. The maximum atomic E-state index is 10.5. The van der Waals surface area contributed by atoms with Gasteiger partial charge in [-0.05, 0) is 34.1 Å². The molecular weight excluding hydrogens is 312 g/mol. The van der Waals surface area contributed by atoms with E-state index in [9.17, 15) is 5.11 Å². The molecule has 0 radical (unpaired) electrons. The van der Waals surface area contributed by atoms with Crippen LogP contribution in [0.4, 0.5) is 0 Å². The minimum absolute atomic E-state index is 0.599. The van der Waals surface area contributed by atoms with Crippen LogP contribution in [0.1, 0.15) is 17.4 Å². The van der Waals surface area contributed by atoms with Gasteiger partial charge < -0.3 is 14.6 Å². The number of ether oxygens (including phenoxy) is 2. The fraction of sp³-hybridized carbons (Fsp3) is 0.308. The van der Waals surface area contributed by atoms with Crippen molar-refractivity contribution in [2.24, 2.45) is 7.05 Å². The van der Waals surface area contributed by atoms with Gasteiger partial charge >= 0.3 is 0 Å². The maximum absolute atomic E-state index is 10.5. The van der Waals surface area contributed by atoms with Gasteiger partial charge in [-0.2, -0.15) is 5.10 Å². The second kappa shape index (κ2) is 5.63. The molecule has 102 valence electrons. The van der Waals surface area contributed by atoms with Crippen LogP contribution in [-0.2, 0) is 7.05 Å². The molecule has 1 atom stereocenters. The Morgan fingerprint density at radius 2 is 2.05 bits per heavy atom. The highest BCUT2D eigenvalue weighted by Gasteiger charge is 2.22. The van der Waals surface area contributed by atoms with Gasteiger partial charge in [-0.15, -0.1) is 0 Å². The van der Waals surface area contributed by atoms with Crippen LogP contribution in [0.25, 0.3) is 0 Å². The highest BCUT2D eigenvalue weighted by molar-refractivity contribution is 9.10. The summed E-state index contributed by atoms with van der Waals surface area (Å²) in [5, 5.41) is 14.6. The average Bonchev–Trinajstić information content (AvgIpc) is 2.76. The minimum atomic E-state index is -0.855. The van der Waals surface area contributed by atoms with Gasteiger partial charge in [-0.3, -0.25) is 4.68 Å². The lowest BCUT2D eigenvalue weighted by Crippen LogP contribution is -2.09. The van der Waals surface area contributed by atoms with E-state index >= 15 is 0 Å². The maximum Gasteiger partial charge on any atom is 0.125 e. The van der Waals surface area contributed by atoms with E-state index in [1.54, 1.807) is 50.3 Å². The molecule has 0 amide bonds. The normalized spacial score (nSPS) is 12.3. The first-order chi connectivity index (χ1) is 9.08. The number of aliphatic hydroxyl groups excluding tert-OH is 1. The Labute approximate surface area is 119 Å². The van der Waals surface area contributed by atoms with Crippen LogP contribution in [0.2, 0.25) is 0 Å². The van der Waals surface area contributed by atoms with Crippen LogP contribution in [0.5, 0.6) is 11.5 Å². The number of hydrogen-bond donors (Lipinski definition) is 1. The zero-order chi connectivity index (χ0) is 14.0. The molecule has 2 rings (SSSR count). The Hall–Kier alpha value is -1.53. The van der Waals surface area contributed by atoms with Gasteiger partial charge in [-0.1, -0.05) is 0 Å². The molecule has 19 heavy (non-hydrogen) atoms. The summed E-state index contributed by atoms with van der Waals surface area (Å²) in [6.07, 6.45) is 0.789. The number of hydrogen-bond acceptors (Lipinski definition) is 4. The highest BCUT2D eigenvalue weighted by Crippen LogP contribution is 2.35. The third-order valence-corrected chi connectivity index (χ3v) is 3.54. The molecule has 1 aromatic heterocycles. The Kier molecular flexibility index (Phi) is 4.11. The molecule has 0 bridgehead atoms. The standard InChI is InChI=1S/C13H15BrN2O3/c1-16-12(10(14)7-15-16)13(17)9-6-8(18-2)4-5-11(9)19-3/h4-7,13,17H,1-3H3. The molecule has 6 heteroatoms. The molecule has 1 aromatic carbocycles. The smallest absolute Gasteiger partial charge is 0.125 e. The highest BCUT2D eigenvalue weighted by atomic mass is 79.9. The first-order valence-electron chi connectivity index (χ1n) is 5.66. The van der Waals surface area contributed by atoms with Gasteiger partial charge in [0.1, 0.15) is 17.6 Å². The summed E-state index contributed by atoms with van der Waals surface area (Å²) < 4.78 is 12.8. The van der Waals surface area contributed by atoms with Crippen molar-refractivity contribution in [3.63, 3.8) is 0 Å². The molecule has 0 aliphatic carbocycles. The predicted octanol–water partition coefficient (Wildman–Crippen LogP) is 2.28. The Balaban J connectivity index is 2.51. The first kappa shape index (κ1) is 13.9. The number of aryl methyl sites for hydroxylation is 1. The van der Waals surface area contributed by atoms with Crippen molar-refractivity contribution in [1.29, 1.82) is 0 Å². The molecule has 1 N–H and O–H groups in total. The fourth-order valence-electron chi connectivity index (χ4n) is 1.93. The molecule has 1 unspecified atom stereocenters. The SMILES string of the molecule is COc1ccc(OC)c(C(O)c2c(Br)cnn2C)c1. The number of aliphatic hydroxyl groups is 1. The molecule has 1 heterocycles. The largest absolute Gasteiger partial charge is 0.497 e. The molecule has 0 saturated carbocycles. The van der Waals surface area contributed by atoms with Crippen molar-refractivity contribution < 1.29 is 14.6 Å². The molecule has 0 aliphatic rings. The second-order valence-corrected chi connectivity index (χ2v) is 4.87. The molecule has 5 nitrogen and oxygen atoms in total. The third-order valence-electron chi connectivity index (χ3n) is 2.93. The van der Waals surface area contributed by atoms with Crippen LogP contribution in [0, 0.1) is 0 Å². The van der Waals surface area contributed by atoms with Crippen LogP contribution < -0.4 is 9.47 Å². The van der Waals surface area contributed by atoms with E-state index in [1.807, 2.05) is 0 Å². The van der Waals surface area contributed by atoms with Crippen LogP contribution in [0.15, 0.2) is 28.9 Å².